The molecule has 11 heteroatoms. The van der Waals surface area contributed by atoms with Gasteiger partial charge in [0.2, 0.25) is 5.91 Å². The molecule has 2 aliphatic rings. The van der Waals surface area contributed by atoms with Gasteiger partial charge in [0.1, 0.15) is 0 Å². The van der Waals surface area contributed by atoms with E-state index in [0.717, 1.165) is 44.6 Å². The minimum Gasteiger partial charge on any atom is -0.383 e. The Balaban J connectivity index is 1.24. The summed E-state index contributed by atoms with van der Waals surface area (Å²) in [5.74, 6) is 0.163. The Kier molecular flexibility index (Phi) is 8.08. The topological polar surface area (TPSA) is 72.6 Å². The molecule has 0 aliphatic carbocycles. The SMILES string of the molecule is COCCn1c(=O)n(C2CCN(C(=O)C3CCN(Cc4ccncc4)CC3)CC2)c2ccc(C(F)(F)F)cc21. The number of hydrogen-bond acceptors (Lipinski definition) is 5. The highest BCUT2D eigenvalue weighted by Gasteiger charge is 2.34. The standard InChI is InChI=1S/C28H34F3N5O3/c1-39-17-16-35-25-18-22(28(29,30)31)2-3-24(25)36(27(35)38)23-8-14-34(15-9-23)26(37)21-6-12-33(13-7-21)19-20-4-10-32-11-5-20/h2-5,10-11,18,21,23H,6-9,12-17,19H2,1H3. The van der Waals surface area contributed by atoms with E-state index in [-0.39, 0.29) is 42.2 Å². The van der Waals surface area contributed by atoms with Crippen LogP contribution in [-0.2, 0) is 28.8 Å². The second kappa shape index (κ2) is 11.5. The average Bonchev–Trinajstić information content (AvgIpc) is 3.22. The summed E-state index contributed by atoms with van der Waals surface area (Å²) in [6, 6.07) is 7.29. The van der Waals surface area contributed by atoms with Crippen molar-refractivity contribution in [1.29, 1.82) is 0 Å². The third-order valence-corrected chi connectivity index (χ3v) is 8.04. The van der Waals surface area contributed by atoms with Crippen LogP contribution in [0.25, 0.3) is 11.0 Å². The van der Waals surface area contributed by atoms with Gasteiger partial charge in [-0.05, 0) is 74.7 Å². The number of pyridine rings is 1. The van der Waals surface area contributed by atoms with Crippen LogP contribution < -0.4 is 5.69 Å². The molecule has 0 saturated carbocycles. The minimum atomic E-state index is -4.50. The predicted molar refractivity (Wildman–Crippen MR) is 140 cm³/mol. The summed E-state index contributed by atoms with van der Waals surface area (Å²) in [6.07, 6.45) is 1.88. The van der Waals surface area contributed by atoms with E-state index >= 15 is 0 Å². The summed E-state index contributed by atoms with van der Waals surface area (Å²) >= 11 is 0. The summed E-state index contributed by atoms with van der Waals surface area (Å²) in [6.45, 7) is 4.01. The van der Waals surface area contributed by atoms with Gasteiger partial charge in [0.25, 0.3) is 0 Å². The molecule has 5 rings (SSSR count). The van der Waals surface area contributed by atoms with Crippen molar-refractivity contribution in [2.24, 2.45) is 5.92 Å². The van der Waals surface area contributed by atoms with E-state index in [0.29, 0.717) is 31.4 Å². The summed E-state index contributed by atoms with van der Waals surface area (Å²) in [5, 5.41) is 0. The normalized spacial score (nSPS) is 18.2. The molecule has 0 spiro atoms. The molecule has 0 radical (unpaired) electrons. The molecule has 0 bridgehead atoms. The lowest BCUT2D eigenvalue weighted by molar-refractivity contribution is -0.138. The summed E-state index contributed by atoms with van der Waals surface area (Å²) in [7, 11) is 1.49. The zero-order chi connectivity index (χ0) is 27.6. The molecule has 210 valence electrons. The van der Waals surface area contributed by atoms with Crippen LogP contribution in [0.5, 0.6) is 0 Å². The van der Waals surface area contributed by atoms with Gasteiger partial charge >= 0.3 is 11.9 Å². The molecule has 0 N–H and O–H groups in total. The van der Waals surface area contributed by atoms with Gasteiger partial charge in [0.15, 0.2) is 0 Å². The predicted octanol–water partition coefficient (Wildman–Crippen LogP) is 3.94. The highest BCUT2D eigenvalue weighted by atomic mass is 19.4. The lowest BCUT2D eigenvalue weighted by Crippen LogP contribution is -2.46. The Morgan fingerprint density at radius 2 is 1.69 bits per heavy atom. The lowest BCUT2D eigenvalue weighted by Gasteiger charge is -2.37. The maximum atomic E-state index is 13.4. The molecule has 8 nitrogen and oxygen atoms in total. The number of ether oxygens (including phenoxy) is 1. The third-order valence-electron chi connectivity index (χ3n) is 8.04. The Hall–Kier alpha value is -3.18. The van der Waals surface area contributed by atoms with Crippen LogP contribution in [-0.4, -0.2) is 69.7 Å². The molecule has 0 unspecified atom stereocenters. The number of nitrogens with zero attached hydrogens (tertiary/aromatic N) is 5. The van der Waals surface area contributed by atoms with E-state index in [1.165, 1.54) is 23.3 Å². The first kappa shape index (κ1) is 27.4. The number of amides is 1. The fourth-order valence-electron chi connectivity index (χ4n) is 5.89. The van der Waals surface area contributed by atoms with E-state index in [2.05, 4.69) is 9.88 Å². The number of imidazole rings is 1. The van der Waals surface area contributed by atoms with E-state index in [9.17, 15) is 22.8 Å². The van der Waals surface area contributed by atoms with Gasteiger partial charge in [-0.2, -0.15) is 13.2 Å². The van der Waals surface area contributed by atoms with E-state index in [4.69, 9.17) is 4.74 Å². The number of halogens is 3. The van der Waals surface area contributed by atoms with Gasteiger partial charge < -0.3 is 9.64 Å². The number of piperidine rings is 2. The lowest BCUT2D eigenvalue weighted by atomic mass is 9.93. The van der Waals surface area contributed by atoms with Crippen LogP contribution >= 0.6 is 0 Å². The summed E-state index contributed by atoms with van der Waals surface area (Å²) in [4.78, 5) is 35.0. The van der Waals surface area contributed by atoms with Gasteiger partial charge in [0, 0.05) is 51.1 Å². The average molecular weight is 546 g/mol. The Morgan fingerprint density at radius 3 is 2.33 bits per heavy atom. The minimum absolute atomic E-state index is 0.00490. The third kappa shape index (κ3) is 5.89. The van der Waals surface area contributed by atoms with E-state index in [1.807, 2.05) is 17.0 Å². The molecule has 0 atom stereocenters. The first-order valence-electron chi connectivity index (χ1n) is 13.5. The zero-order valence-electron chi connectivity index (χ0n) is 22.1. The van der Waals surface area contributed by atoms with Gasteiger partial charge in [0.05, 0.1) is 29.7 Å². The van der Waals surface area contributed by atoms with Crippen LogP contribution in [0.3, 0.4) is 0 Å². The highest BCUT2D eigenvalue weighted by Crippen LogP contribution is 2.33. The molecule has 2 aliphatic heterocycles. The van der Waals surface area contributed by atoms with Crippen molar-refractivity contribution in [3.05, 3.63) is 64.3 Å². The number of likely N-dealkylation sites (tertiary alicyclic amines) is 2. The quantitative estimate of drug-likeness (QED) is 0.450. The van der Waals surface area contributed by atoms with E-state index < -0.39 is 11.7 Å². The molecule has 1 amide bonds. The molecule has 4 heterocycles. The van der Waals surface area contributed by atoms with Crippen molar-refractivity contribution in [2.45, 2.75) is 51.0 Å². The number of carbonyl (C=O) groups is 1. The highest BCUT2D eigenvalue weighted by molar-refractivity contribution is 5.79. The van der Waals surface area contributed by atoms with Crippen molar-refractivity contribution < 1.29 is 22.7 Å². The van der Waals surface area contributed by atoms with Crippen molar-refractivity contribution >= 4 is 16.9 Å². The Morgan fingerprint density at radius 1 is 1.00 bits per heavy atom. The van der Waals surface area contributed by atoms with Crippen molar-refractivity contribution in [1.82, 2.24) is 23.9 Å². The largest absolute Gasteiger partial charge is 0.416 e. The first-order chi connectivity index (χ1) is 18.8. The summed E-state index contributed by atoms with van der Waals surface area (Å²) < 4.78 is 48.3. The fraction of sp³-hybridized carbons (Fsp3) is 0.536. The number of rotatable bonds is 7. The molecular formula is C28H34F3N5O3. The monoisotopic (exact) mass is 545 g/mol. The van der Waals surface area contributed by atoms with Gasteiger partial charge in [-0.1, -0.05) is 0 Å². The zero-order valence-corrected chi connectivity index (χ0v) is 22.1. The number of carbonyl (C=O) groups excluding carboxylic acids is 1. The van der Waals surface area contributed by atoms with Crippen LogP contribution in [0.1, 0.15) is 42.9 Å². The van der Waals surface area contributed by atoms with Gasteiger partial charge in [-0.3, -0.25) is 23.8 Å². The molecule has 3 aromatic rings. The van der Waals surface area contributed by atoms with Crippen LogP contribution in [0.15, 0.2) is 47.5 Å². The van der Waals surface area contributed by atoms with Gasteiger partial charge in [-0.15, -0.1) is 0 Å². The van der Waals surface area contributed by atoms with Crippen LogP contribution in [0.2, 0.25) is 0 Å². The molecule has 1 aromatic carbocycles. The van der Waals surface area contributed by atoms with Crippen molar-refractivity contribution in [3.63, 3.8) is 0 Å². The molecule has 2 fully saturated rings. The second-order valence-corrected chi connectivity index (χ2v) is 10.5. The number of fused-ring (bicyclic) bond motifs is 1. The molecule has 2 aromatic heterocycles. The van der Waals surface area contributed by atoms with Crippen LogP contribution in [0, 0.1) is 5.92 Å². The van der Waals surface area contributed by atoms with Crippen molar-refractivity contribution in [2.75, 3.05) is 39.9 Å². The number of benzene rings is 1. The maximum Gasteiger partial charge on any atom is 0.416 e. The summed E-state index contributed by atoms with van der Waals surface area (Å²) in [5.41, 5.74) is 0.822. The number of hydrogen-bond donors (Lipinski definition) is 0. The number of methoxy groups -OCH3 is 1. The van der Waals surface area contributed by atoms with Crippen molar-refractivity contribution in [3.8, 4) is 0 Å². The van der Waals surface area contributed by atoms with Crippen LogP contribution in [0.4, 0.5) is 13.2 Å². The van der Waals surface area contributed by atoms with Gasteiger partial charge in [-0.25, -0.2) is 4.79 Å². The fourth-order valence-corrected chi connectivity index (χ4v) is 5.89. The molecule has 39 heavy (non-hydrogen) atoms. The second-order valence-electron chi connectivity index (χ2n) is 10.5. The smallest absolute Gasteiger partial charge is 0.383 e. The Labute approximate surface area is 225 Å². The van der Waals surface area contributed by atoms with E-state index in [1.54, 1.807) is 17.0 Å². The number of alkyl halides is 3. The maximum absolute atomic E-state index is 13.4. The number of aromatic nitrogens is 3. The molecule has 2 saturated heterocycles. The molecular weight excluding hydrogens is 511 g/mol. The Bertz CT molecular complexity index is 1340. The first-order valence-corrected chi connectivity index (χ1v) is 13.5.